The zero-order valence-electron chi connectivity index (χ0n) is 14.6. The highest BCUT2D eigenvalue weighted by molar-refractivity contribution is 8.93. The summed E-state index contributed by atoms with van der Waals surface area (Å²) in [5, 5.41) is 6.99. The molecule has 134 valence electrons. The van der Waals surface area contributed by atoms with Crippen LogP contribution in [0, 0.1) is 20.8 Å². The number of benzene rings is 1. The molecule has 0 bridgehead atoms. The molecule has 0 spiro atoms. The molecule has 3 aromatic heterocycles. The molecule has 26 heavy (non-hydrogen) atoms. The van der Waals surface area contributed by atoms with Gasteiger partial charge < -0.3 is 5.32 Å². The van der Waals surface area contributed by atoms with E-state index < -0.39 is 0 Å². The highest BCUT2D eigenvalue weighted by Gasteiger charge is 2.15. The van der Waals surface area contributed by atoms with Gasteiger partial charge in [0.1, 0.15) is 11.3 Å². The molecule has 0 amide bonds. The standard InChI is InChI=1S/C19H17ClN4S.BrH/c1-11-4-6-15(12(2)8-11)22-19-23-16(10-25-19)18-13(3)21-17-7-5-14(20)9-24(17)18;/h4-10H,1-3H3,(H,22,23);1H. The normalized spacial score (nSPS) is 10.8. The Morgan fingerprint density at radius 1 is 1.08 bits per heavy atom. The van der Waals surface area contributed by atoms with Crippen LogP contribution in [0.2, 0.25) is 5.02 Å². The maximum atomic E-state index is 6.15. The van der Waals surface area contributed by atoms with E-state index in [1.165, 1.54) is 11.1 Å². The number of nitrogens with one attached hydrogen (secondary N) is 1. The van der Waals surface area contributed by atoms with Crippen molar-refractivity contribution in [3.8, 4) is 11.4 Å². The van der Waals surface area contributed by atoms with E-state index in [-0.39, 0.29) is 17.0 Å². The molecule has 1 N–H and O–H groups in total. The molecule has 7 heteroatoms. The lowest BCUT2D eigenvalue weighted by molar-refractivity contribution is 1.17. The van der Waals surface area contributed by atoms with Crippen molar-refractivity contribution in [2.24, 2.45) is 0 Å². The molecule has 0 radical (unpaired) electrons. The molecule has 0 aliphatic carbocycles. The Balaban J connectivity index is 0.00000196. The van der Waals surface area contributed by atoms with Gasteiger partial charge in [0.15, 0.2) is 5.13 Å². The van der Waals surface area contributed by atoms with Crippen LogP contribution in [-0.2, 0) is 0 Å². The van der Waals surface area contributed by atoms with E-state index in [0.29, 0.717) is 5.02 Å². The van der Waals surface area contributed by atoms with Gasteiger partial charge in [-0.15, -0.1) is 28.3 Å². The predicted molar refractivity (Wildman–Crippen MR) is 116 cm³/mol. The van der Waals surface area contributed by atoms with Crippen molar-refractivity contribution >= 4 is 56.4 Å². The van der Waals surface area contributed by atoms with E-state index >= 15 is 0 Å². The highest BCUT2D eigenvalue weighted by atomic mass is 79.9. The molecule has 0 unspecified atom stereocenters. The van der Waals surface area contributed by atoms with Crippen LogP contribution in [0.3, 0.4) is 0 Å². The SMILES string of the molecule is Br.Cc1ccc(Nc2nc(-c3c(C)nc4ccc(Cl)cn34)cs2)c(C)c1. The van der Waals surface area contributed by atoms with Crippen molar-refractivity contribution in [3.63, 3.8) is 0 Å². The van der Waals surface area contributed by atoms with Crippen molar-refractivity contribution in [1.82, 2.24) is 14.4 Å². The Hall–Kier alpha value is -1.89. The molecule has 4 aromatic rings. The molecule has 0 aliphatic heterocycles. The molecule has 0 saturated heterocycles. The average molecular weight is 450 g/mol. The fraction of sp³-hybridized carbons (Fsp3) is 0.158. The minimum Gasteiger partial charge on any atom is -0.331 e. The summed E-state index contributed by atoms with van der Waals surface area (Å²) >= 11 is 7.73. The number of imidazole rings is 1. The highest BCUT2D eigenvalue weighted by Crippen LogP contribution is 2.31. The molecule has 4 rings (SSSR count). The predicted octanol–water partition coefficient (Wildman–Crippen LogP) is 6.36. The number of rotatable bonds is 3. The molecule has 0 fully saturated rings. The van der Waals surface area contributed by atoms with Crippen LogP contribution < -0.4 is 5.32 Å². The van der Waals surface area contributed by atoms with Gasteiger partial charge >= 0.3 is 0 Å². The first-order valence-corrected chi connectivity index (χ1v) is 9.21. The lowest BCUT2D eigenvalue weighted by atomic mass is 10.1. The van der Waals surface area contributed by atoms with Gasteiger partial charge in [-0.2, -0.15) is 0 Å². The number of pyridine rings is 1. The van der Waals surface area contributed by atoms with Gasteiger partial charge in [0.05, 0.1) is 16.4 Å². The zero-order chi connectivity index (χ0) is 17.6. The lowest BCUT2D eigenvalue weighted by Crippen LogP contribution is -1.94. The van der Waals surface area contributed by atoms with Crippen LogP contribution in [0.5, 0.6) is 0 Å². The summed E-state index contributed by atoms with van der Waals surface area (Å²) in [5.41, 5.74) is 7.20. The first kappa shape index (κ1) is 18.9. The quantitative estimate of drug-likeness (QED) is 0.396. The van der Waals surface area contributed by atoms with E-state index in [4.69, 9.17) is 16.6 Å². The summed E-state index contributed by atoms with van der Waals surface area (Å²) in [7, 11) is 0. The van der Waals surface area contributed by atoms with Gasteiger partial charge in [-0.05, 0) is 44.5 Å². The zero-order valence-corrected chi connectivity index (χ0v) is 17.9. The van der Waals surface area contributed by atoms with Crippen LogP contribution in [0.25, 0.3) is 17.0 Å². The molecule has 0 saturated carbocycles. The Morgan fingerprint density at radius 2 is 1.88 bits per heavy atom. The van der Waals surface area contributed by atoms with E-state index in [1.807, 2.05) is 35.0 Å². The summed E-state index contributed by atoms with van der Waals surface area (Å²) in [6.07, 6.45) is 1.88. The van der Waals surface area contributed by atoms with Gasteiger partial charge in [-0.25, -0.2) is 9.97 Å². The number of anilines is 2. The molecule has 0 aliphatic rings. The first-order valence-electron chi connectivity index (χ1n) is 7.95. The van der Waals surface area contributed by atoms with Crippen LogP contribution >= 0.6 is 39.9 Å². The molecule has 4 nitrogen and oxygen atoms in total. The van der Waals surface area contributed by atoms with Crippen molar-refractivity contribution in [2.45, 2.75) is 20.8 Å². The molecule has 3 heterocycles. The largest absolute Gasteiger partial charge is 0.331 e. The van der Waals surface area contributed by atoms with Crippen molar-refractivity contribution in [1.29, 1.82) is 0 Å². The maximum Gasteiger partial charge on any atom is 0.187 e. The summed E-state index contributed by atoms with van der Waals surface area (Å²) in [5.74, 6) is 0. The van der Waals surface area contributed by atoms with E-state index in [9.17, 15) is 0 Å². The monoisotopic (exact) mass is 448 g/mol. The number of thiazole rings is 1. The molecule has 1 aromatic carbocycles. The third kappa shape index (κ3) is 3.49. The molecule has 0 atom stereocenters. The van der Waals surface area contributed by atoms with E-state index in [0.717, 1.165) is 33.5 Å². The van der Waals surface area contributed by atoms with Gasteiger partial charge in [0.2, 0.25) is 0 Å². The van der Waals surface area contributed by atoms with Gasteiger partial charge in [0, 0.05) is 17.3 Å². The Bertz CT molecular complexity index is 1090. The van der Waals surface area contributed by atoms with E-state index in [1.54, 1.807) is 11.3 Å². The second-order valence-corrected chi connectivity index (χ2v) is 7.40. The summed E-state index contributed by atoms with van der Waals surface area (Å²) in [6.45, 7) is 6.18. The fourth-order valence-corrected chi connectivity index (χ4v) is 3.82. The number of hydrogen-bond donors (Lipinski definition) is 1. The number of nitrogens with zero attached hydrogens (tertiary/aromatic N) is 3. The Kier molecular flexibility index (Phi) is 5.37. The molecular formula is C19H18BrClN4S. The number of halogens is 2. The van der Waals surface area contributed by atoms with Crippen molar-refractivity contribution < 1.29 is 0 Å². The number of fused-ring (bicyclic) bond motifs is 1. The van der Waals surface area contributed by atoms with Gasteiger partial charge in [0.25, 0.3) is 0 Å². The minimum absolute atomic E-state index is 0. The first-order chi connectivity index (χ1) is 12.0. The Labute approximate surface area is 171 Å². The Morgan fingerprint density at radius 3 is 2.65 bits per heavy atom. The van der Waals surface area contributed by atoms with Crippen LogP contribution in [-0.4, -0.2) is 14.4 Å². The van der Waals surface area contributed by atoms with Crippen LogP contribution in [0.1, 0.15) is 16.8 Å². The summed E-state index contributed by atoms with van der Waals surface area (Å²) in [4.78, 5) is 9.35. The maximum absolute atomic E-state index is 6.15. The van der Waals surface area contributed by atoms with Crippen molar-refractivity contribution in [3.05, 3.63) is 63.8 Å². The summed E-state index contributed by atoms with van der Waals surface area (Å²) < 4.78 is 1.99. The third-order valence-electron chi connectivity index (χ3n) is 4.13. The second kappa shape index (κ2) is 7.39. The molecular weight excluding hydrogens is 432 g/mol. The summed E-state index contributed by atoms with van der Waals surface area (Å²) in [6, 6.07) is 10.1. The minimum atomic E-state index is 0. The van der Waals surface area contributed by atoms with Gasteiger partial charge in [-0.1, -0.05) is 29.3 Å². The number of aromatic nitrogens is 3. The third-order valence-corrected chi connectivity index (χ3v) is 5.11. The van der Waals surface area contributed by atoms with Crippen molar-refractivity contribution in [2.75, 3.05) is 5.32 Å². The number of aryl methyl sites for hydroxylation is 3. The smallest absolute Gasteiger partial charge is 0.187 e. The second-order valence-electron chi connectivity index (χ2n) is 6.10. The number of hydrogen-bond acceptors (Lipinski definition) is 4. The average Bonchev–Trinajstić information content (AvgIpc) is 3.13. The van der Waals surface area contributed by atoms with Crippen LogP contribution in [0.15, 0.2) is 41.9 Å². The van der Waals surface area contributed by atoms with Crippen LogP contribution in [0.4, 0.5) is 10.8 Å². The van der Waals surface area contributed by atoms with Gasteiger partial charge in [-0.3, -0.25) is 4.40 Å². The van der Waals surface area contributed by atoms with E-state index in [2.05, 4.69) is 42.3 Å². The topological polar surface area (TPSA) is 42.2 Å². The fourth-order valence-electron chi connectivity index (χ4n) is 2.95. The lowest BCUT2D eigenvalue weighted by Gasteiger charge is -2.07.